The van der Waals surface area contributed by atoms with Gasteiger partial charge in [0.25, 0.3) is 0 Å². The highest BCUT2D eigenvalue weighted by Crippen LogP contribution is 2.40. The van der Waals surface area contributed by atoms with Gasteiger partial charge in [-0.15, -0.1) is 11.8 Å². The molecular formula is C14H20N2OS. The van der Waals surface area contributed by atoms with Gasteiger partial charge >= 0.3 is 0 Å². The van der Waals surface area contributed by atoms with Gasteiger partial charge in [-0.05, 0) is 38.0 Å². The van der Waals surface area contributed by atoms with Gasteiger partial charge in [0.15, 0.2) is 0 Å². The van der Waals surface area contributed by atoms with Crippen LogP contribution in [-0.2, 0) is 4.79 Å². The molecule has 0 saturated heterocycles. The lowest BCUT2D eigenvalue weighted by Crippen LogP contribution is -2.43. The maximum Gasteiger partial charge on any atom is 0.228 e. The van der Waals surface area contributed by atoms with E-state index in [4.69, 9.17) is 5.73 Å². The normalized spacial score (nSPS) is 18.7. The van der Waals surface area contributed by atoms with E-state index in [0.717, 1.165) is 11.4 Å². The van der Waals surface area contributed by atoms with Gasteiger partial charge in [-0.3, -0.25) is 4.79 Å². The lowest BCUT2D eigenvalue weighted by Gasteiger charge is -2.36. The van der Waals surface area contributed by atoms with E-state index in [9.17, 15) is 4.79 Å². The summed E-state index contributed by atoms with van der Waals surface area (Å²) < 4.78 is 0. The second kappa shape index (κ2) is 5.33. The first-order valence-electron chi connectivity index (χ1n) is 6.30. The molecule has 0 aromatic heterocycles. The molecule has 0 radical (unpaired) electrons. The summed E-state index contributed by atoms with van der Waals surface area (Å²) in [7, 11) is 0. The average molecular weight is 264 g/mol. The third kappa shape index (κ3) is 2.40. The number of nitrogens with zero attached hydrogens (tertiary/aromatic N) is 1. The minimum absolute atomic E-state index is 0.136. The molecular weight excluding hydrogens is 244 g/mol. The molecule has 3 nitrogen and oxygen atoms in total. The van der Waals surface area contributed by atoms with Crippen LogP contribution in [0.2, 0.25) is 0 Å². The van der Waals surface area contributed by atoms with Crippen molar-refractivity contribution in [1.29, 1.82) is 0 Å². The molecule has 0 saturated carbocycles. The molecule has 1 aliphatic heterocycles. The average Bonchev–Trinajstić information content (AvgIpc) is 2.28. The number of benzene rings is 1. The summed E-state index contributed by atoms with van der Waals surface area (Å²) in [4.78, 5) is 15.4. The van der Waals surface area contributed by atoms with Crippen molar-refractivity contribution in [3.63, 3.8) is 0 Å². The van der Waals surface area contributed by atoms with Crippen molar-refractivity contribution in [2.45, 2.75) is 38.1 Å². The number of hydrogen-bond acceptors (Lipinski definition) is 3. The molecule has 18 heavy (non-hydrogen) atoms. The van der Waals surface area contributed by atoms with Crippen LogP contribution in [0.5, 0.6) is 0 Å². The van der Waals surface area contributed by atoms with Crippen LogP contribution in [0.3, 0.4) is 0 Å². The van der Waals surface area contributed by atoms with Crippen molar-refractivity contribution in [1.82, 2.24) is 0 Å². The fourth-order valence-electron chi connectivity index (χ4n) is 2.44. The first-order valence-corrected chi connectivity index (χ1v) is 7.29. The predicted octanol–water partition coefficient (Wildman–Crippen LogP) is 2.48. The summed E-state index contributed by atoms with van der Waals surface area (Å²) in [5.41, 5.74) is 9.03. The van der Waals surface area contributed by atoms with Crippen LogP contribution in [0.25, 0.3) is 0 Å². The highest BCUT2D eigenvalue weighted by molar-refractivity contribution is 7.99. The predicted molar refractivity (Wildman–Crippen MR) is 77.3 cm³/mol. The van der Waals surface area contributed by atoms with Crippen molar-refractivity contribution < 1.29 is 4.79 Å². The molecule has 98 valence electrons. The van der Waals surface area contributed by atoms with Crippen LogP contribution in [0.4, 0.5) is 5.69 Å². The van der Waals surface area contributed by atoms with E-state index >= 15 is 0 Å². The Kier molecular flexibility index (Phi) is 3.97. The number of fused-ring (bicyclic) bond motifs is 1. The topological polar surface area (TPSA) is 46.3 Å². The maximum absolute atomic E-state index is 12.2. The van der Waals surface area contributed by atoms with Crippen LogP contribution < -0.4 is 10.6 Å². The monoisotopic (exact) mass is 264 g/mol. The van der Waals surface area contributed by atoms with E-state index in [1.807, 2.05) is 16.7 Å². The van der Waals surface area contributed by atoms with Gasteiger partial charge in [-0.25, -0.2) is 0 Å². The number of nitrogens with two attached hydrogens (primary N) is 1. The van der Waals surface area contributed by atoms with Crippen LogP contribution in [0.1, 0.15) is 24.5 Å². The summed E-state index contributed by atoms with van der Waals surface area (Å²) in [5, 5.41) is 0. The fraction of sp³-hybridized carbons (Fsp3) is 0.500. The molecule has 1 heterocycles. The Morgan fingerprint density at radius 3 is 2.89 bits per heavy atom. The molecule has 1 amide bonds. The first-order chi connectivity index (χ1) is 8.54. The van der Waals surface area contributed by atoms with Gasteiger partial charge in [0, 0.05) is 29.7 Å². The molecule has 4 heteroatoms. The number of aryl methyl sites for hydroxylation is 2. The molecule has 0 bridgehead atoms. The molecule has 2 rings (SSSR count). The molecule has 1 unspecified atom stereocenters. The van der Waals surface area contributed by atoms with E-state index in [1.54, 1.807) is 0 Å². The third-order valence-corrected chi connectivity index (χ3v) is 4.66. The Hall–Kier alpha value is -1.000. The zero-order valence-corrected chi connectivity index (χ0v) is 12.0. The molecule has 1 atom stereocenters. The maximum atomic E-state index is 12.2. The summed E-state index contributed by atoms with van der Waals surface area (Å²) in [6.07, 6.45) is 0.418. The van der Waals surface area contributed by atoms with Crippen molar-refractivity contribution in [2.24, 2.45) is 5.73 Å². The molecule has 0 aliphatic carbocycles. The van der Waals surface area contributed by atoms with Gasteiger partial charge in [0.05, 0.1) is 5.69 Å². The van der Waals surface area contributed by atoms with Gasteiger partial charge in [0.1, 0.15) is 0 Å². The Balaban J connectivity index is 2.46. The van der Waals surface area contributed by atoms with E-state index in [1.165, 1.54) is 16.0 Å². The molecule has 0 fully saturated rings. The molecule has 1 aromatic rings. The Morgan fingerprint density at radius 1 is 1.50 bits per heavy atom. The van der Waals surface area contributed by atoms with E-state index < -0.39 is 0 Å². The minimum Gasteiger partial charge on any atom is -0.330 e. The number of hydrogen-bond donors (Lipinski definition) is 1. The summed E-state index contributed by atoms with van der Waals surface area (Å²) in [5.74, 6) is 1.09. The van der Waals surface area contributed by atoms with Gasteiger partial charge in [-0.2, -0.15) is 0 Å². The summed E-state index contributed by atoms with van der Waals surface area (Å²) >= 11 is 1.85. The largest absolute Gasteiger partial charge is 0.330 e. The van der Waals surface area contributed by atoms with Crippen molar-refractivity contribution in [3.8, 4) is 0 Å². The quantitative estimate of drug-likeness (QED) is 0.892. The smallest absolute Gasteiger partial charge is 0.228 e. The number of amides is 1. The van der Waals surface area contributed by atoms with Crippen molar-refractivity contribution in [2.75, 3.05) is 17.2 Å². The van der Waals surface area contributed by atoms with E-state index in [-0.39, 0.29) is 11.9 Å². The summed E-state index contributed by atoms with van der Waals surface area (Å²) in [6, 6.07) is 4.52. The Morgan fingerprint density at radius 2 is 2.22 bits per heavy atom. The Labute approximate surface area is 113 Å². The molecule has 2 N–H and O–H groups in total. The highest BCUT2D eigenvalue weighted by Gasteiger charge is 2.29. The first kappa shape index (κ1) is 13.4. The number of carbonyl (C=O) groups excluding carboxylic acids is 1. The number of thioether (sulfide) groups is 1. The van der Waals surface area contributed by atoms with Gasteiger partial charge in [0.2, 0.25) is 5.91 Å². The van der Waals surface area contributed by atoms with Crippen LogP contribution >= 0.6 is 11.8 Å². The van der Waals surface area contributed by atoms with Gasteiger partial charge < -0.3 is 10.6 Å². The zero-order valence-electron chi connectivity index (χ0n) is 11.2. The molecule has 0 spiro atoms. The lowest BCUT2D eigenvalue weighted by atomic mass is 10.1. The molecule has 1 aliphatic rings. The third-order valence-electron chi connectivity index (χ3n) is 3.20. The van der Waals surface area contributed by atoms with E-state index in [2.05, 4.69) is 32.9 Å². The van der Waals surface area contributed by atoms with Gasteiger partial charge in [-0.1, -0.05) is 6.07 Å². The summed E-state index contributed by atoms with van der Waals surface area (Å²) in [6.45, 7) is 6.70. The SMILES string of the molecule is Cc1cc(C)c2c(c1)N(C(=O)CCN)C(C)CS2. The second-order valence-corrected chi connectivity index (χ2v) is 5.92. The van der Waals surface area contributed by atoms with Crippen LogP contribution in [-0.4, -0.2) is 24.2 Å². The number of anilines is 1. The van der Waals surface area contributed by atoms with Crippen molar-refractivity contribution in [3.05, 3.63) is 23.3 Å². The second-order valence-electron chi connectivity index (χ2n) is 4.89. The van der Waals surface area contributed by atoms with Crippen molar-refractivity contribution >= 4 is 23.4 Å². The standard InChI is InChI=1S/C14H20N2OS/c1-9-6-10(2)14-12(7-9)16(11(3)8-18-14)13(17)4-5-15/h6-7,11H,4-5,8,15H2,1-3H3. The van der Waals surface area contributed by atoms with E-state index in [0.29, 0.717) is 13.0 Å². The lowest BCUT2D eigenvalue weighted by molar-refractivity contribution is -0.118. The number of rotatable bonds is 2. The highest BCUT2D eigenvalue weighted by atomic mass is 32.2. The van der Waals surface area contributed by atoms with Crippen LogP contribution in [0.15, 0.2) is 17.0 Å². The molecule has 1 aromatic carbocycles. The zero-order chi connectivity index (χ0) is 13.3. The fourth-order valence-corrected chi connectivity index (χ4v) is 3.59. The number of carbonyl (C=O) groups is 1. The van der Waals surface area contributed by atoms with Crippen LogP contribution in [0, 0.1) is 13.8 Å². The minimum atomic E-state index is 0.136. The Bertz CT molecular complexity index is 473.